The van der Waals surface area contributed by atoms with Crippen molar-refractivity contribution in [1.29, 1.82) is 0 Å². The normalized spacial score (nSPS) is 37.5. The molecule has 1 heterocycles. The van der Waals surface area contributed by atoms with E-state index < -0.39 is 50.9 Å². The van der Waals surface area contributed by atoms with E-state index in [4.69, 9.17) is 19.6 Å². The van der Waals surface area contributed by atoms with Crippen LogP contribution in [-0.2, 0) is 18.6 Å². The third kappa shape index (κ3) is 3.70. The third-order valence-electron chi connectivity index (χ3n) is 2.36. The summed E-state index contributed by atoms with van der Waals surface area (Å²) in [5.41, 5.74) is 0. The van der Waals surface area contributed by atoms with Gasteiger partial charge in [-0.2, -0.15) is 0 Å². The van der Waals surface area contributed by atoms with Gasteiger partial charge in [0.25, 0.3) is 0 Å². The number of phosphoric acid groups is 1. The molecule has 0 aromatic rings. The highest BCUT2D eigenvalue weighted by Gasteiger charge is 2.47. The molecule has 1 aliphatic heterocycles. The first-order valence-corrected chi connectivity index (χ1v) is 6.29. The lowest BCUT2D eigenvalue weighted by molar-refractivity contribution is -0.232. The van der Waals surface area contributed by atoms with Gasteiger partial charge in [0.05, 0.1) is 6.61 Å². The summed E-state index contributed by atoms with van der Waals surface area (Å²) in [5.74, 6) is -1.59. The molecular weight excluding hydrogens is 275 g/mol. The lowest BCUT2D eigenvalue weighted by Crippen LogP contribution is -2.60. The standard InChI is InChI=1S/C7H13O10P/c8-3-2(1-16-18(13,14)15)17-6(7(11)12)5(10)4(3)9/h2-6,8-10H,1H2,(H,11,12)(H2,13,14,15)/t2?,3-,4+,5?,6-/m1/s1. The minimum atomic E-state index is -4.82. The predicted octanol–water partition coefficient (Wildman–Crippen LogP) is -2.97. The second-order valence-corrected chi connectivity index (χ2v) is 4.93. The molecule has 1 aliphatic rings. The fraction of sp³-hybridized carbons (Fsp3) is 0.857. The zero-order chi connectivity index (χ0) is 14.1. The Bertz CT molecular complexity index is 352. The average Bonchev–Trinajstić information content (AvgIpc) is 2.23. The fourth-order valence-electron chi connectivity index (χ4n) is 1.46. The van der Waals surface area contributed by atoms with Crippen LogP contribution >= 0.6 is 7.82 Å². The third-order valence-corrected chi connectivity index (χ3v) is 2.85. The van der Waals surface area contributed by atoms with E-state index in [9.17, 15) is 24.7 Å². The molecule has 6 N–H and O–H groups in total. The van der Waals surface area contributed by atoms with Gasteiger partial charge in [-0.25, -0.2) is 9.36 Å². The molecule has 5 atom stereocenters. The van der Waals surface area contributed by atoms with Crippen molar-refractivity contribution >= 4 is 13.8 Å². The van der Waals surface area contributed by atoms with Crippen LogP contribution in [0.5, 0.6) is 0 Å². The first-order chi connectivity index (χ1) is 8.13. The maximum Gasteiger partial charge on any atom is 0.469 e. The molecule has 18 heavy (non-hydrogen) atoms. The summed E-state index contributed by atoms with van der Waals surface area (Å²) >= 11 is 0. The summed E-state index contributed by atoms with van der Waals surface area (Å²) in [7, 11) is -4.82. The van der Waals surface area contributed by atoms with Crippen molar-refractivity contribution in [2.45, 2.75) is 30.5 Å². The number of hydrogen-bond acceptors (Lipinski definition) is 7. The molecule has 1 fully saturated rings. The van der Waals surface area contributed by atoms with Crippen LogP contribution < -0.4 is 0 Å². The zero-order valence-corrected chi connectivity index (χ0v) is 9.75. The van der Waals surface area contributed by atoms with E-state index in [1.165, 1.54) is 0 Å². The predicted molar refractivity (Wildman–Crippen MR) is 52.3 cm³/mol. The Morgan fingerprint density at radius 2 is 1.72 bits per heavy atom. The molecule has 0 saturated carbocycles. The highest BCUT2D eigenvalue weighted by atomic mass is 31.2. The minimum absolute atomic E-state index is 0.834. The molecule has 0 aliphatic carbocycles. The van der Waals surface area contributed by atoms with E-state index in [-0.39, 0.29) is 0 Å². The molecule has 0 radical (unpaired) electrons. The monoisotopic (exact) mass is 288 g/mol. The second kappa shape index (κ2) is 5.59. The number of aliphatic hydroxyl groups is 3. The summed E-state index contributed by atoms with van der Waals surface area (Å²) in [4.78, 5) is 27.6. The van der Waals surface area contributed by atoms with Gasteiger partial charge in [0.1, 0.15) is 24.4 Å². The molecule has 2 unspecified atom stereocenters. The van der Waals surface area contributed by atoms with Gasteiger partial charge in [-0.3, -0.25) is 4.52 Å². The number of carboxylic acid groups (broad SMARTS) is 1. The Labute approximate surface area is 101 Å². The summed E-state index contributed by atoms with van der Waals surface area (Å²) in [6, 6.07) is 0. The lowest BCUT2D eigenvalue weighted by Gasteiger charge is -2.38. The molecule has 11 heteroatoms. The highest BCUT2D eigenvalue weighted by molar-refractivity contribution is 7.46. The van der Waals surface area contributed by atoms with Crippen molar-refractivity contribution in [2.24, 2.45) is 0 Å². The van der Waals surface area contributed by atoms with Crippen molar-refractivity contribution in [3.05, 3.63) is 0 Å². The van der Waals surface area contributed by atoms with Crippen molar-refractivity contribution in [3.63, 3.8) is 0 Å². The maximum atomic E-state index is 10.7. The molecule has 0 amide bonds. The van der Waals surface area contributed by atoms with Gasteiger partial charge < -0.3 is 34.9 Å². The summed E-state index contributed by atoms with van der Waals surface area (Å²) in [6.45, 7) is -0.834. The van der Waals surface area contributed by atoms with Crippen LogP contribution in [0.1, 0.15) is 0 Å². The molecule has 0 bridgehead atoms. The average molecular weight is 288 g/mol. The van der Waals surface area contributed by atoms with E-state index in [1.54, 1.807) is 0 Å². The molecule has 0 aromatic carbocycles. The van der Waals surface area contributed by atoms with Crippen LogP contribution in [0.15, 0.2) is 0 Å². The Hall–Kier alpha value is -0.580. The number of phosphoric ester groups is 1. The molecule has 1 rings (SSSR count). The lowest BCUT2D eigenvalue weighted by atomic mass is 9.95. The molecule has 10 nitrogen and oxygen atoms in total. The van der Waals surface area contributed by atoms with Gasteiger partial charge in [-0.05, 0) is 0 Å². The van der Waals surface area contributed by atoms with E-state index in [0.717, 1.165) is 0 Å². The smallest absolute Gasteiger partial charge is 0.469 e. The quantitative estimate of drug-likeness (QED) is 0.293. The topological polar surface area (TPSA) is 174 Å². The number of rotatable bonds is 4. The van der Waals surface area contributed by atoms with E-state index in [2.05, 4.69) is 4.52 Å². The van der Waals surface area contributed by atoms with Crippen LogP contribution in [-0.4, -0.2) is 73.3 Å². The van der Waals surface area contributed by atoms with Gasteiger partial charge in [0.15, 0.2) is 6.10 Å². The Balaban J connectivity index is 2.73. The molecule has 0 aromatic heterocycles. The van der Waals surface area contributed by atoms with Gasteiger partial charge in [-0.15, -0.1) is 0 Å². The number of carboxylic acids is 1. The Morgan fingerprint density at radius 1 is 1.17 bits per heavy atom. The fourth-order valence-corrected chi connectivity index (χ4v) is 1.80. The van der Waals surface area contributed by atoms with Crippen LogP contribution in [0, 0.1) is 0 Å². The summed E-state index contributed by atoms with van der Waals surface area (Å²) < 4.78 is 19.2. The summed E-state index contributed by atoms with van der Waals surface area (Å²) in [6.07, 6.45) is -8.73. The number of aliphatic carboxylic acids is 1. The van der Waals surface area contributed by atoms with Gasteiger partial charge in [-0.1, -0.05) is 0 Å². The van der Waals surface area contributed by atoms with Crippen molar-refractivity contribution in [1.82, 2.24) is 0 Å². The molecule has 106 valence electrons. The maximum absolute atomic E-state index is 10.7. The number of hydrogen-bond donors (Lipinski definition) is 6. The van der Waals surface area contributed by atoms with Crippen LogP contribution in [0.3, 0.4) is 0 Å². The van der Waals surface area contributed by atoms with Crippen LogP contribution in [0.4, 0.5) is 0 Å². The van der Waals surface area contributed by atoms with E-state index >= 15 is 0 Å². The highest BCUT2D eigenvalue weighted by Crippen LogP contribution is 2.36. The molecular formula is C7H13O10P. The SMILES string of the molecule is O=C(O)[C@@H]1OC(COP(=O)(O)O)[C@@H](O)[C@H](O)C1O. The number of carbonyl (C=O) groups is 1. The number of aliphatic hydroxyl groups excluding tert-OH is 3. The summed E-state index contributed by atoms with van der Waals surface area (Å²) in [5, 5.41) is 36.8. The first kappa shape index (κ1) is 15.5. The van der Waals surface area contributed by atoms with E-state index in [0.29, 0.717) is 0 Å². The van der Waals surface area contributed by atoms with Crippen LogP contribution in [0.25, 0.3) is 0 Å². The first-order valence-electron chi connectivity index (χ1n) is 4.76. The van der Waals surface area contributed by atoms with Crippen molar-refractivity contribution in [3.8, 4) is 0 Å². The molecule has 1 saturated heterocycles. The van der Waals surface area contributed by atoms with Crippen molar-refractivity contribution < 1.29 is 48.8 Å². The van der Waals surface area contributed by atoms with Gasteiger partial charge in [0.2, 0.25) is 0 Å². The second-order valence-electron chi connectivity index (χ2n) is 3.69. The van der Waals surface area contributed by atoms with Crippen molar-refractivity contribution in [2.75, 3.05) is 6.61 Å². The Kier molecular flexibility index (Phi) is 4.81. The van der Waals surface area contributed by atoms with Gasteiger partial charge >= 0.3 is 13.8 Å². The number of ether oxygens (including phenoxy) is 1. The Morgan fingerprint density at radius 3 is 2.17 bits per heavy atom. The zero-order valence-electron chi connectivity index (χ0n) is 8.86. The van der Waals surface area contributed by atoms with Gasteiger partial charge in [0, 0.05) is 0 Å². The largest absolute Gasteiger partial charge is 0.479 e. The van der Waals surface area contributed by atoms with E-state index in [1.807, 2.05) is 0 Å². The minimum Gasteiger partial charge on any atom is -0.479 e. The molecule has 0 spiro atoms. The van der Waals surface area contributed by atoms with Crippen LogP contribution in [0.2, 0.25) is 0 Å².